The molecule has 1 aromatic carbocycles. The maximum atomic E-state index is 14.6. The van der Waals surface area contributed by atoms with E-state index in [-0.39, 0.29) is 11.7 Å². The Morgan fingerprint density at radius 2 is 1.91 bits per heavy atom. The van der Waals surface area contributed by atoms with Crippen molar-refractivity contribution in [3.8, 4) is 5.75 Å². The van der Waals surface area contributed by atoms with Crippen molar-refractivity contribution in [2.24, 2.45) is 0 Å². The van der Waals surface area contributed by atoms with Crippen LogP contribution in [0.4, 0.5) is 27.3 Å². The number of amides is 1. The zero-order valence-electron chi connectivity index (χ0n) is 17.6. The van der Waals surface area contributed by atoms with Gasteiger partial charge in [0.25, 0.3) is 5.91 Å². The molecule has 13 heteroatoms. The first-order valence-electron chi connectivity index (χ1n) is 10.5. The van der Waals surface area contributed by atoms with Crippen LogP contribution in [-0.2, 0) is 16.6 Å². The minimum Gasteiger partial charge on any atom is -0.488 e. The fourth-order valence-electron chi connectivity index (χ4n) is 3.89. The molecule has 7 nitrogen and oxygen atoms in total. The summed E-state index contributed by atoms with van der Waals surface area (Å²) in [6.45, 7) is 0.852. The van der Waals surface area contributed by atoms with Gasteiger partial charge in [0.15, 0.2) is 0 Å². The third-order valence-electron chi connectivity index (χ3n) is 5.65. The average Bonchev–Trinajstić information content (AvgIpc) is 3.57. The summed E-state index contributed by atoms with van der Waals surface area (Å²) in [5.74, 6) is -1.97. The molecule has 2 aromatic rings. The van der Waals surface area contributed by atoms with Crippen molar-refractivity contribution in [3.63, 3.8) is 0 Å². The molecule has 1 unspecified atom stereocenters. The molecule has 4 rings (SSSR count). The molecule has 2 fully saturated rings. The van der Waals surface area contributed by atoms with Gasteiger partial charge in [-0.2, -0.15) is 21.6 Å². The number of carbonyl (C=O) groups excluding carboxylic acids is 1. The molecule has 2 heterocycles. The summed E-state index contributed by atoms with van der Waals surface area (Å²) in [7, 11) is -5.35. The fourth-order valence-corrected chi connectivity index (χ4v) is 4.22. The highest BCUT2D eigenvalue weighted by molar-refractivity contribution is 7.85. The SMILES string of the molecule is O=C(NS(=O)(=O)F)c1cc(C2CC2)c(OC2CCCN(c3ccc(C(F)(F)F)cn3)C2)cc1F. The van der Waals surface area contributed by atoms with Crippen molar-refractivity contribution in [1.82, 2.24) is 9.71 Å². The molecule has 184 valence electrons. The van der Waals surface area contributed by atoms with E-state index in [2.05, 4.69) is 4.98 Å². The van der Waals surface area contributed by atoms with E-state index in [0.717, 1.165) is 35.9 Å². The molecule has 1 saturated heterocycles. The van der Waals surface area contributed by atoms with Crippen molar-refractivity contribution in [2.75, 3.05) is 18.0 Å². The molecule has 0 bridgehead atoms. The number of alkyl halides is 3. The molecule has 1 N–H and O–H groups in total. The van der Waals surface area contributed by atoms with Crippen LogP contribution in [0.25, 0.3) is 0 Å². The molecule has 1 saturated carbocycles. The first kappa shape index (κ1) is 24.2. The Bertz CT molecular complexity index is 1180. The van der Waals surface area contributed by atoms with E-state index in [1.165, 1.54) is 12.1 Å². The van der Waals surface area contributed by atoms with Crippen molar-refractivity contribution >= 4 is 22.1 Å². The van der Waals surface area contributed by atoms with E-state index in [0.29, 0.717) is 37.3 Å². The number of nitrogens with one attached hydrogen (secondary N) is 1. The van der Waals surface area contributed by atoms with Gasteiger partial charge in [0.1, 0.15) is 23.5 Å². The van der Waals surface area contributed by atoms with Crippen LogP contribution in [0.3, 0.4) is 0 Å². The monoisotopic (exact) mass is 505 g/mol. The second-order valence-corrected chi connectivity index (χ2v) is 9.32. The van der Waals surface area contributed by atoms with Crippen molar-refractivity contribution in [3.05, 3.63) is 53.0 Å². The smallest absolute Gasteiger partial charge is 0.417 e. The van der Waals surface area contributed by atoms with Crippen LogP contribution < -0.4 is 14.4 Å². The minimum atomic E-state index is -5.35. The van der Waals surface area contributed by atoms with Gasteiger partial charge in [-0.25, -0.2) is 14.1 Å². The van der Waals surface area contributed by atoms with E-state index >= 15 is 0 Å². The molecule has 1 aliphatic carbocycles. The van der Waals surface area contributed by atoms with Crippen molar-refractivity contribution in [2.45, 2.75) is 43.9 Å². The van der Waals surface area contributed by atoms with E-state index in [4.69, 9.17) is 4.74 Å². The molecule has 1 aliphatic heterocycles. The molecular weight excluding hydrogens is 485 g/mol. The highest BCUT2D eigenvalue weighted by atomic mass is 32.3. The number of hydrogen-bond donors (Lipinski definition) is 1. The number of anilines is 1. The summed E-state index contributed by atoms with van der Waals surface area (Å²) < 4.78 is 94.3. The fraction of sp³-hybridized carbons (Fsp3) is 0.429. The summed E-state index contributed by atoms with van der Waals surface area (Å²) in [5.41, 5.74) is -0.961. The largest absolute Gasteiger partial charge is 0.488 e. The van der Waals surface area contributed by atoms with Crippen LogP contribution in [0, 0.1) is 5.82 Å². The summed E-state index contributed by atoms with van der Waals surface area (Å²) >= 11 is 0. The van der Waals surface area contributed by atoms with Crippen LogP contribution in [0.1, 0.15) is 53.1 Å². The van der Waals surface area contributed by atoms with Crippen LogP contribution in [-0.4, -0.2) is 38.5 Å². The summed E-state index contributed by atoms with van der Waals surface area (Å²) in [6, 6.07) is 4.38. The van der Waals surface area contributed by atoms with Crippen LogP contribution in [0.15, 0.2) is 30.5 Å². The zero-order chi connectivity index (χ0) is 24.7. The lowest BCUT2D eigenvalue weighted by Gasteiger charge is -2.34. The molecule has 1 aromatic heterocycles. The van der Waals surface area contributed by atoms with Crippen LogP contribution in [0.2, 0.25) is 0 Å². The van der Waals surface area contributed by atoms with Gasteiger partial charge in [0.05, 0.1) is 17.7 Å². The molecular formula is C21H20F5N3O4S. The van der Waals surface area contributed by atoms with Crippen molar-refractivity contribution in [1.29, 1.82) is 0 Å². The van der Waals surface area contributed by atoms with Gasteiger partial charge in [0, 0.05) is 18.8 Å². The Morgan fingerprint density at radius 3 is 2.50 bits per heavy atom. The van der Waals surface area contributed by atoms with Gasteiger partial charge in [-0.15, -0.1) is 0 Å². The summed E-state index contributed by atoms with van der Waals surface area (Å²) in [4.78, 5) is 17.6. The number of benzene rings is 1. The lowest BCUT2D eigenvalue weighted by atomic mass is 10.0. The number of ether oxygens (including phenoxy) is 1. The number of nitrogens with zero attached hydrogens (tertiary/aromatic N) is 2. The minimum absolute atomic E-state index is 0.0135. The Balaban J connectivity index is 1.51. The molecule has 34 heavy (non-hydrogen) atoms. The van der Waals surface area contributed by atoms with Crippen molar-refractivity contribution < 1.29 is 39.4 Å². The normalized spacial score (nSPS) is 19.1. The van der Waals surface area contributed by atoms with E-state index in [9.17, 15) is 34.7 Å². The maximum absolute atomic E-state index is 14.6. The molecule has 1 amide bonds. The quantitative estimate of drug-likeness (QED) is 0.470. The molecule has 0 spiro atoms. The summed E-state index contributed by atoms with van der Waals surface area (Å²) in [6.07, 6.45) is -1.37. The first-order valence-corrected chi connectivity index (χ1v) is 11.8. The van der Waals surface area contributed by atoms with E-state index < -0.39 is 45.5 Å². The highest BCUT2D eigenvalue weighted by Crippen LogP contribution is 2.45. The summed E-state index contributed by atoms with van der Waals surface area (Å²) in [5, 5.41) is 0. The lowest BCUT2D eigenvalue weighted by Crippen LogP contribution is -2.41. The number of hydrogen-bond acceptors (Lipinski definition) is 6. The van der Waals surface area contributed by atoms with Gasteiger partial charge in [-0.3, -0.25) is 4.79 Å². The molecule has 0 radical (unpaired) electrons. The third-order valence-corrected chi connectivity index (χ3v) is 6.08. The Hall–Kier alpha value is -2.96. The highest BCUT2D eigenvalue weighted by Gasteiger charge is 2.33. The number of carbonyl (C=O) groups is 1. The number of rotatable bonds is 6. The molecule has 1 atom stereocenters. The number of halogens is 5. The topological polar surface area (TPSA) is 88.6 Å². The number of pyridine rings is 1. The maximum Gasteiger partial charge on any atom is 0.417 e. The first-order chi connectivity index (χ1) is 15.9. The van der Waals surface area contributed by atoms with E-state index in [1.54, 1.807) is 4.90 Å². The number of piperidine rings is 1. The Morgan fingerprint density at radius 1 is 1.18 bits per heavy atom. The predicted octanol–water partition coefficient (Wildman–Crippen LogP) is 4.11. The van der Waals surface area contributed by atoms with Gasteiger partial charge in [-0.1, -0.05) is 3.89 Å². The zero-order valence-corrected chi connectivity index (χ0v) is 18.4. The Kier molecular flexibility index (Phi) is 6.40. The second kappa shape index (κ2) is 9.01. The second-order valence-electron chi connectivity index (χ2n) is 8.24. The lowest BCUT2D eigenvalue weighted by molar-refractivity contribution is -0.137. The van der Waals surface area contributed by atoms with Crippen LogP contribution >= 0.6 is 0 Å². The average molecular weight is 505 g/mol. The van der Waals surface area contributed by atoms with Gasteiger partial charge >= 0.3 is 16.6 Å². The van der Waals surface area contributed by atoms with Gasteiger partial charge in [-0.05, 0) is 55.4 Å². The van der Waals surface area contributed by atoms with E-state index in [1.807, 2.05) is 0 Å². The van der Waals surface area contributed by atoms with Crippen LogP contribution in [0.5, 0.6) is 5.75 Å². The van der Waals surface area contributed by atoms with Gasteiger partial charge < -0.3 is 9.64 Å². The third kappa shape index (κ3) is 5.75. The predicted molar refractivity (Wildman–Crippen MR) is 111 cm³/mol. The Labute approximate surface area is 192 Å². The standard InChI is InChI=1S/C21H20F5N3O4S/c22-17-9-18(15(12-3-4-12)8-16(17)20(30)28-34(26,31)32)33-14-2-1-7-29(11-14)19-6-5-13(10-27-19)21(23,24)25/h5-6,8-10,12,14H,1-4,7,11H2,(H,28,30). The molecule has 2 aliphatic rings. The number of aromatic nitrogens is 1. The van der Waals surface area contributed by atoms with Gasteiger partial charge in [0.2, 0.25) is 0 Å².